The van der Waals surface area contributed by atoms with Crippen molar-refractivity contribution in [2.45, 2.75) is 25.4 Å². The molecule has 1 fully saturated rings. The van der Waals surface area contributed by atoms with Crippen LogP contribution in [0.4, 0.5) is 0 Å². The maximum Gasteiger partial charge on any atom is 0.315 e. The van der Waals surface area contributed by atoms with Crippen molar-refractivity contribution in [1.82, 2.24) is 10.5 Å². The second-order valence-electron chi connectivity index (χ2n) is 3.99. The van der Waals surface area contributed by atoms with E-state index in [9.17, 15) is 0 Å². The molecule has 1 aromatic heterocycles. The van der Waals surface area contributed by atoms with E-state index in [-0.39, 0.29) is 5.60 Å². The van der Waals surface area contributed by atoms with Gasteiger partial charge in [-0.3, -0.25) is 0 Å². The van der Waals surface area contributed by atoms with Crippen molar-refractivity contribution in [3.63, 3.8) is 0 Å². The van der Waals surface area contributed by atoms with Gasteiger partial charge in [-0.1, -0.05) is 0 Å². The number of nitrogens with zero attached hydrogens (tertiary/aromatic N) is 1. The van der Waals surface area contributed by atoms with E-state index in [4.69, 9.17) is 14.0 Å². The van der Waals surface area contributed by atoms with Gasteiger partial charge in [0.2, 0.25) is 0 Å². The first-order valence-corrected chi connectivity index (χ1v) is 5.12. The Morgan fingerprint density at radius 2 is 2.20 bits per heavy atom. The van der Waals surface area contributed by atoms with Crippen molar-refractivity contribution < 1.29 is 14.0 Å². The summed E-state index contributed by atoms with van der Waals surface area (Å²) in [5.41, 5.74) is -0.157. The van der Waals surface area contributed by atoms with E-state index in [0.717, 1.165) is 25.9 Å². The molecule has 1 saturated heterocycles. The van der Waals surface area contributed by atoms with Crippen LogP contribution in [0.3, 0.4) is 0 Å². The van der Waals surface area contributed by atoms with Crippen LogP contribution in [0, 0.1) is 0 Å². The second kappa shape index (κ2) is 4.10. The second-order valence-corrected chi connectivity index (χ2v) is 3.99. The zero-order valence-corrected chi connectivity index (χ0v) is 9.08. The molecule has 0 aliphatic carbocycles. The van der Waals surface area contributed by atoms with E-state index < -0.39 is 0 Å². The fraction of sp³-hybridized carbons (Fsp3) is 0.700. The van der Waals surface area contributed by atoms with Crippen molar-refractivity contribution in [2.75, 3.05) is 20.2 Å². The molecule has 2 heterocycles. The van der Waals surface area contributed by atoms with Crippen molar-refractivity contribution in [3.8, 4) is 11.8 Å². The average Bonchev–Trinajstić information content (AvgIpc) is 2.66. The molecule has 5 nitrogen and oxygen atoms in total. The Labute approximate surface area is 88.7 Å². The molecule has 2 rings (SSSR count). The van der Waals surface area contributed by atoms with E-state index in [1.807, 2.05) is 0 Å². The molecule has 0 spiro atoms. The summed E-state index contributed by atoms with van der Waals surface area (Å²) in [5, 5.41) is 6.98. The van der Waals surface area contributed by atoms with Crippen LogP contribution in [-0.2, 0) is 0 Å². The van der Waals surface area contributed by atoms with Gasteiger partial charge in [-0.2, -0.15) is 0 Å². The minimum atomic E-state index is -0.157. The minimum absolute atomic E-state index is 0.157. The fourth-order valence-electron chi connectivity index (χ4n) is 1.69. The molecule has 0 saturated carbocycles. The predicted molar refractivity (Wildman–Crippen MR) is 54.2 cm³/mol. The van der Waals surface area contributed by atoms with Gasteiger partial charge in [-0.05, 0) is 38.0 Å². The van der Waals surface area contributed by atoms with Gasteiger partial charge in [0.25, 0.3) is 5.88 Å². The molecule has 0 radical (unpaired) electrons. The third kappa shape index (κ3) is 2.41. The summed E-state index contributed by atoms with van der Waals surface area (Å²) in [5.74, 6) is 0.874. The maximum absolute atomic E-state index is 5.78. The highest BCUT2D eigenvalue weighted by Crippen LogP contribution is 2.27. The number of nitrogens with one attached hydrogen (secondary N) is 1. The molecular formula is C10H16N2O3. The van der Waals surface area contributed by atoms with Crippen LogP contribution in [-0.4, -0.2) is 31.0 Å². The Hall–Kier alpha value is -1.23. The van der Waals surface area contributed by atoms with E-state index in [1.165, 1.54) is 0 Å². The summed E-state index contributed by atoms with van der Waals surface area (Å²) in [6.07, 6.45) is 1.94. The highest BCUT2D eigenvalue weighted by Gasteiger charge is 2.30. The Morgan fingerprint density at radius 3 is 2.80 bits per heavy atom. The Bertz CT molecular complexity index is 318. The van der Waals surface area contributed by atoms with E-state index in [1.54, 1.807) is 13.2 Å². The average molecular weight is 212 g/mol. The van der Waals surface area contributed by atoms with Gasteiger partial charge in [0.05, 0.1) is 13.2 Å². The van der Waals surface area contributed by atoms with Gasteiger partial charge < -0.3 is 19.3 Å². The van der Waals surface area contributed by atoms with Crippen molar-refractivity contribution in [1.29, 1.82) is 0 Å². The summed E-state index contributed by atoms with van der Waals surface area (Å²) in [7, 11) is 1.55. The number of piperidine rings is 1. The molecule has 1 N–H and O–H groups in total. The molecule has 1 aliphatic rings. The monoisotopic (exact) mass is 212 g/mol. The third-order valence-electron chi connectivity index (χ3n) is 2.68. The summed E-state index contributed by atoms with van der Waals surface area (Å²) >= 11 is 0. The molecule has 15 heavy (non-hydrogen) atoms. The van der Waals surface area contributed by atoms with Crippen LogP contribution in [0.5, 0.6) is 11.8 Å². The zero-order chi connectivity index (χ0) is 10.7. The van der Waals surface area contributed by atoms with Gasteiger partial charge in [0.1, 0.15) is 5.60 Å². The summed E-state index contributed by atoms with van der Waals surface area (Å²) in [6, 6.07) is 1.66. The lowest BCUT2D eigenvalue weighted by atomic mass is 9.95. The number of methoxy groups -OCH3 is 1. The van der Waals surface area contributed by atoms with Gasteiger partial charge in [-0.25, -0.2) is 0 Å². The lowest BCUT2D eigenvalue weighted by molar-refractivity contribution is 0.0256. The van der Waals surface area contributed by atoms with Gasteiger partial charge in [0.15, 0.2) is 0 Å². The molecule has 84 valence electrons. The van der Waals surface area contributed by atoms with E-state index in [2.05, 4.69) is 17.4 Å². The molecule has 1 aromatic rings. The zero-order valence-electron chi connectivity index (χ0n) is 9.08. The van der Waals surface area contributed by atoms with Crippen LogP contribution < -0.4 is 14.8 Å². The number of rotatable bonds is 3. The highest BCUT2D eigenvalue weighted by atomic mass is 16.6. The quantitative estimate of drug-likeness (QED) is 0.816. The van der Waals surface area contributed by atoms with Crippen LogP contribution >= 0.6 is 0 Å². The van der Waals surface area contributed by atoms with Crippen LogP contribution in [0.1, 0.15) is 19.8 Å². The van der Waals surface area contributed by atoms with E-state index >= 15 is 0 Å². The van der Waals surface area contributed by atoms with Crippen molar-refractivity contribution in [2.24, 2.45) is 0 Å². The minimum Gasteiger partial charge on any atom is -0.479 e. The standard InChI is InChI=1S/C10H16N2O3/c1-10(3-5-11-6-4-10)14-9-7-8(13-2)12-15-9/h7,11H,3-6H2,1-2H3. The first kappa shape index (κ1) is 10.3. The highest BCUT2D eigenvalue weighted by molar-refractivity contribution is 5.16. The number of hydrogen-bond acceptors (Lipinski definition) is 5. The first-order valence-electron chi connectivity index (χ1n) is 5.12. The molecule has 1 aliphatic heterocycles. The Balaban J connectivity index is 2.00. The molecule has 0 unspecified atom stereocenters. The lowest BCUT2D eigenvalue weighted by Gasteiger charge is -2.33. The topological polar surface area (TPSA) is 56.5 Å². The van der Waals surface area contributed by atoms with Gasteiger partial charge >= 0.3 is 5.95 Å². The van der Waals surface area contributed by atoms with Crippen LogP contribution in [0.15, 0.2) is 10.6 Å². The van der Waals surface area contributed by atoms with Crippen LogP contribution in [0.25, 0.3) is 0 Å². The normalized spacial score (nSPS) is 19.9. The van der Waals surface area contributed by atoms with Crippen LogP contribution in [0.2, 0.25) is 0 Å². The Kier molecular flexibility index (Phi) is 2.81. The Morgan fingerprint density at radius 1 is 1.47 bits per heavy atom. The number of ether oxygens (including phenoxy) is 2. The van der Waals surface area contributed by atoms with Gasteiger partial charge in [0, 0.05) is 0 Å². The lowest BCUT2D eigenvalue weighted by Crippen LogP contribution is -2.43. The molecule has 0 bridgehead atoms. The predicted octanol–water partition coefficient (Wildman–Crippen LogP) is 1.20. The molecule has 0 amide bonds. The van der Waals surface area contributed by atoms with E-state index in [0.29, 0.717) is 11.8 Å². The fourth-order valence-corrected chi connectivity index (χ4v) is 1.69. The molecule has 0 atom stereocenters. The molecule has 0 aromatic carbocycles. The number of aromatic nitrogens is 1. The summed E-state index contributed by atoms with van der Waals surface area (Å²) in [6.45, 7) is 4.03. The summed E-state index contributed by atoms with van der Waals surface area (Å²) < 4.78 is 15.7. The first-order chi connectivity index (χ1) is 7.22. The molecule has 5 heteroatoms. The summed E-state index contributed by atoms with van der Waals surface area (Å²) in [4.78, 5) is 0. The van der Waals surface area contributed by atoms with Gasteiger partial charge in [-0.15, -0.1) is 0 Å². The third-order valence-corrected chi connectivity index (χ3v) is 2.68. The van der Waals surface area contributed by atoms with Crippen molar-refractivity contribution >= 4 is 0 Å². The SMILES string of the molecule is COc1cc(OC2(C)CCNCC2)on1. The van der Waals surface area contributed by atoms with Crippen molar-refractivity contribution in [3.05, 3.63) is 6.07 Å². The molecular weight excluding hydrogens is 196 g/mol. The number of hydrogen-bond donors (Lipinski definition) is 1. The smallest absolute Gasteiger partial charge is 0.315 e. The maximum atomic E-state index is 5.78. The largest absolute Gasteiger partial charge is 0.479 e.